The van der Waals surface area contributed by atoms with Crippen LogP contribution in [0.3, 0.4) is 0 Å². The van der Waals surface area contributed by atoms with Crippen LogP contribution in [0.1, 0.15) is 40.0 Å². The fourth-order valence-electron chi connectivity index (χ4n) is 2.76. The molecule has 2 atom stereocenters. The van der Waals surface area contributed by atoms with E-state index in [0.29, 0.717) is 13.0 Å². The summed E-state index contributed by atoms with van der Waals surface area (Å²) < 4.78 is 0. The van der Waals surface area contributed by atoms with Crippen LogP contribution in [0, 0.1) is 17.2 Å². The number of amides is 3. The standard InChI is InChI=1S/C15H23N4O3.Fm/c1-15(2,3)19(13(21)9-17-10-20)12(8-16)7-11-5-4-6-18-14(11)22;/h11-12H,4-7,9H2,1-3H3,(H,17,20)(H,18,22);/q-1;/t11-,12-;/m0./s1. The Morgan fingerprint density at radius 2 is 2.22 bits per heavy atom. The summed E-state index contributed by atoms with van der Waals surface area (Å²) in [4.78, 5) is 35.9. The van der Waals surface area contributed by atoms with Crippen molar-refractivity contribution < 1.29 is 14.4 Å². The normalized spacial score (nSPS) is 18.7. The second kappa shape index (κ2) is 8.37. The largest absolute Gasteiger partial charge is 0.522 e. The molecule has 1 aliphatic rings. The minimum atomic E-state index is -0.713. The minimum absolute atomic E-state index is 0. The molecule has 1 saturated heterocycles. The molecule has 0 bridgehead atoms. The van der Waals surface area contributed by atoms with Gasteiger partial charge in [0.1, 0.15) is 6.04 Å². The summed E-state index contributed by atoms with van der Waals surface area (Å²) >= 11 is 0. The van der Waals surface area contributed by atoms with Crippen molar-refractivity contribution in [2.75, 3.05) is 13.1 Å². The summed E-state index contributed by atoms with van der Waals surface area (Å²) in [6, 6.07) is 1.42. The van der Waals surface area contributed by atoms with Gasteiger partial charge in [0, 0.05) is 18.0 Å². The quantitative estimate of drug-likeness (QED) is 0.353. The summed E-state index contributed by atoms with van der Waals surface area (Å²) in [6.07, 6.45) is 3.35. The molecule has 0 spiro atoms. The first-order valence-electron chi connectivity index (χ1n) is 7.40. The van der Waals surface area contributed by atoms with E-state index in [2.05, 4.69) is 16.7 Å². The van der Waals surface area contributed by atoms with Crippen LogP contribution in [0.15, 0.2) is 0 Å². The molecule has 1 rings (SSSR count). The Kier molecular flexibility index (Phi) is 7.24. The van der Waals surface area contributed by atoms with Crippen LogP contribution < -0.4 is 10.6 Å². The van der Waals surface area contributed by atoms with E-state index in [1.807, 2.05) is 20.8 Å². The van der Waals surface area contributed by atoms with E-state index < -0.39 is 11.6 Å². The zero-order valence-electron chi connectivity index (χ0n) is 13.6. The molecule has 7 nitrogen and oxygen atoms in total. The molecule has 3 amide bonds. The van der Waals surface area contributed by atoms with Gasteiger partial charge in [-0.05, 0) is 40.0 Å². The van der Waals surface area contributed by atoms with Gasteiger partial charge >= 0.3 is 0 Å². The molecule has 1 fully saturated rings. The van der Waals surface area contributed by atoms with Gasteiger partial charge < -0.3 is 20.3 Å². The summed E-state index contributed by atoms with van der Waals surface area (Å²) in [6.45, 7) is 5.91. The van der Waals surface area contributed by atoms with Crippen molar-refractivity contribution in [3.63, 3.8) is 0 Å². The van der Waals surface area contributed by atoms with Gasteiger partial charge in [-0.2, -0.15) is 11.7 Å². The number of nitrogens with one attached hydrogen (secondary N) is 2. The van der Waals surface area contributed by atoms with Crippen molar-refractivity contribution in [2.45, 2.75) is 51.6 Å². The SMILES string of the molecule is CC(C)(C)N(C(=O)CN[C-]=O)[C@H](C#N)C[C@@H]1CCCNC1=O.[Fm]. The molecule has 0 aliphatic carbocycles. The van der Waals surface area contributed by atoms with Crippen molar-refractivity contribution in [1.82, 2.24) is 15.5 Å². The third-order valence-electron chi connectivity index (χ3n) is 3.67. The first-order valence-corrected chi connectivity index (χ1v) is 7.40. The zero-order valence-corrected chi connectivity index (χ0v) is 16.0. The van der Waals surface area contributed by atoms with Gasteiger partial charge in [0.2, 0.25) is 11.8 Å². The number of hydrogen-bond donors (Lipinski definition) is 2. The predicted molar refractivity (Wildman–Crippen MR) is 80.0 cm³/mol. The van der Waals surface area contributed by atoms with Crippen LogP contribution in [0.5, 0.6) is 0 Å². The van der Waals surface area contributed by atoms with Gasteiger partial charge in [-0.15, -0.1) is 0 Å². The van der Waals surface area contributed by atoms with Crippen molar-refractivity contribution in [3.8, 4) is 6.07 Å². The molecule has 1 heterocycles. The molecule has 23 heavy (non-hydrogen) atoms. The van der Waals surface area contributed by atoms with E-state index in [0.717, 1.165) is 12.8 Å². The Hall–Kier alpha value is -3.10. The molecule has 0 unspecified atom stereocenters. The van der Waals surface area contributed by atoms with Gasteiger partial charge in [0.25, 0.3) is 0 Å². The molecule has 0 aromatic carbocycles. The molecule has 8 heteroatoms. The van der Waals surface area contributed by atoms with Crippen LogP contribution in [-0.4, -0.2) is 47.8 Å². The Labute approximate surface area is 131 Å². The average Bonchev–Trinajstić information content (AvgIpc) is 2.45. The number of nitriles is 1. The second-order valence-corrected chi connectivity index (χ2v) is 6.40. The van der Waals surface area contributed by atoms with Crippen LogP contribution in [-0.2, 0) is 14.4 Å². The summed E-state index contributed by atoms with van der Waals surface area (Å²) in [5.74, 6) is -0.688. The maximum Gasteiger partial charge on any atom is 0.240 e. The predicted octanol–water partition coefficient (Wildman–Crippen LogP) is 0.0788. The van der Waals surface area contributed by atoms with Crippen molar-refractivity contribution >= 4 is 18.2 Å². The van der Waals surface area contributed by atoms with Gasteiger partial charge in [0.05, 0.1) is 12.6 Å². The van der Waals surface area contributed by atoms with Gasteiger partial charge in [-0.1, -0.05) is 0 Å². The molecule has 134 valence electrons. The molecule has 0 radical (unpaired) electrons. The molecule has 2 N–H and O–H groups in total. The van der Waals surface area contributed by atoms with Crippen LogP contribution in [0.4, 0.5) is 0 Å². The Morgan fingerprint density at radius 1 is 1.57 bits per heavy atom. The van der Waals surface area contributed by atoms with Gasteiger partial charge in [0.15, 0.2) is 0 Å². The summed E-state index contributed by atoms with van der Waals surface area (Å²) in [5, 5.41) is 14.5. The van der Waals surface area contributed by atoms with E-state index >= 15 is 0 Å². The molecule has 1 aliphatic heterocycles. The monoisotopic (exact) mass is 564 g/mol. The number of carbonyl (C=O) groups excluding carboxylic acids is 3. The molecule has 0 aromatic heterocycles. The van der Waals surface area contributed by atoms with E-state index in [-0.39, 0.29) is 24.3 Å². The molecule has 0 saturated carbocycles. The van der Waals surface area contributed by atoms with Gasteiger partial charge in [-0.25, -0.2) is 0 Å². The van der Waals surface area contributed by atoms with Crippen LogP contribution in [0.2, 0.25) is 0 Å². The van der Waals surface area contributed by atoms with E-state index in [1.165, 1.54) is 11.3 Å². The van der Waals surface area contributed by atoms with Crippen molar-refractivity contribution in [3.05, 3.63) is 0 Å². The fraction of sp³-hybridized carbons (Fsp3) is 0.733. The number of nitrogens with zero attached hydrogens (tertiary/aromatic N) is 2. The number of piperidine rings is 1. The topological polar surface area (TPSA) is 102 Å². The van der Waals surface area contributed by atoms with Crippen molar-refractivity contribution in [1.29, 1.82) is 5.26 Å². The number of rotatable bonds is 6. The Morgan fingerprint density at radius 3 is 2.70 bits per heavy atom. The maximum atomic E-state index is 12.3. The van der Waals surface area contributed by atoms with E-state index in [9.17, 15) is 19.6 Å². The average molecular weight is 564 g/mol. The zero-order chi connectivity index (χ0) is 16.8. The number of hydrogen-bond acceptors (Lipinski definition) is 4. The maximum absolute atomic E-state index is 12.3. The van der Waals surface area contributed by atoms with Crippen LogP contribution >= 0.6 is 0 Å². The van der Waals surface area contributed by atoms with Crippen LogP contribution in [0.25, 0.3) is 0 Å². The molecular formula is C15H23FmN4O3-. The first kappa shape index (κ1) is 19.9. The summed E-state index contributed by atoms with van der Waals surface area (Å²) in [7, 11) is 0. The first-order chi connectivity index (χ1) is 10.3. The number of carbonyl (C=O) groups is 2. The minimum Gasteiger partial charge on any atom is -0.522 e. The Balaban J connectivity index is 0.00000484. The van der Waals surface area contributed by atoms with E-state index in [1.54, 1.807) is 0 Å². The second-order valence-electron chi connectivity index (χ2n) is 6.40. The molecular weight excluding hydrogens is 541 g/mol. The third-order valence-corrected chi connectivity index (χ3v) is 3.67. The van der Waals surface area contributed by atoms with Gasteiger partial charge in [-0.3, -0.25) is 9.59 Å². The fourth-order valence-corrected chi connectivity index (χ4v) is 2.76. The van der Waals surface area contributed by atoms with Crippen molar-refractivity contribution in [2.24, 2.45) is 5.92 Å². The summed E-state index contributed by atoms with van der Waals surface area (Å²) in [5.41, 5.74) is -0.590. The molecule has 0 aromatic rings. The third kappa shape index (κ3) is 5.30. The smallest absolute Gasteiger partial charge is 0.240 e. The van der Waals surface area contributed by atoms with E-state index in [4.69, 9.17) is 0 Å². The Bertz CT molecular complexity index is 470.